The summed E-state index contributed by atoms with van der Waals surface area (Å²) in [4.78, 5) is 18.6. The number of hydrogen-bond acceptors (Lipinski definition) is 5. The topological polar surface area (TPSA) is 80.4 Å². The summed E-state index contributed by atoms with van der Waals surface area (Å²) < 4.78 is 1.44. The maximum Gasteiger partial charge on any atom is 0.375 e. The lowest BCUT2D eigenvalue weighted by Crippen LogP contribution is -2.00. The van der Waals surface area contributed by atoms with Crippen LogP contribution in [0.1, 0.15) is 10.6 Å². The average Bonchev–Trinajstić information content (AvgIpc) is 2.97. The largest absolute Gasteiger partial charge is 0.475 e. The van der Waals surface area contributed by atoms with Crippen molar-refractivity contribution in [3.63, 3.8) is 0 Å². The molecule has 0 unspecified atom stereocenters. The number of carbonyl (C=O) groups is 1. The molecule has 17 heavy (non-hydrogen) atoms. The minimum atomic E-state index is -1.16. The second-order valence-corrected chi connectivity index (χ2v) is 4.07. The zero-order chi connectivity index (χ0) is 11.8. The van der Waals surface area contributed by atoms with Crippen molar-refractivity contribution >= 4 is 23.1 Å². The minimum absolute atomic E-state index is 0.250. The van der Waals surface area contributed by atoms with Gasteiger partial charge in [0.2, 0.25) is 0 Å². The van der Waals surface area contributed by atoms with Gasteiger partial charge in [0.1, 0.15) is 0 Å². The Bertz CT molecular complexity index is 689. The van der Waals surface area contributed by atoms with E-state index in [-0.39, 0.29) is 11.6 Å². The molecule has 0 aliphatic carbocycles. The van der Waals surface area contributed by atoms with E-state index in [1.807, 2.05) is 16.8 Å². The van der Waals surface area contributed by atoms with Gasteiger partial charge in [0.15, 0.2) is 0 Å². The molecule has 3 heterocycles. The van der Waals surface area contributed by atoms with Crippen LogP contribution >= 0.6 is 11.3 Å². The predicted molar refractivity (Wildman–Crippen MR) is 61.1 cm³/mol. The van der Waals surface area contributed by atoms with Crippen molar-refractivity contribution in [2.75, 3.05) is 0 Å². The Kier molecular flexibility index (Phi) is 2.12. The van der Waals surface area contributed by atoms with E-state index in [2.05, 4.69) is 15.1 Å². The maximum atomic E-state index is 10.8. The fourth-order valence-electron chi connectivity index (χ4n) is 1.51. The van der Waals surface area contributed by atoms with Gasteiger partial charge in [-0.25, -0.2) is 9.78 Å². The van der Waals surface area contributed by atoms with Crippen molar-refractivity contribution in [1.29, 1.82) is 0 Å². The van der Waals surface area contributed by atoms with E-state index in [4.69, 9.17) is 5.11 Å². The van der Waals surface area contributed by atoms with Gasteiger partial charge in [0.05, 0.1) is 5.69 Å². The Morgan fingerprint density at radius 1 is 1.41 bits per heavy atom. The highest BCUT2D eigenvalue weighted by atomic mass is 32.1. The van der Waals surface area contributed by atoms with Crippen molar-refractivity contribution in [2.45, 2.75) is 0 Å². The van der Waals surface area contributed by atoms with E-state index in [1.165, 1.54) is 4.52 Å². The number of carboxylic acid groups (broad SMARTS) is 1. The first-order chi connectivity index (χ1) is 8.25. The molecular weight excluding hydrogens is 240 g/mol. The third kappa shape index (κ3) is 1.56. The van der Waals surface area contributed by atoms with Crippen LogP contribution in [-0.2, 0) is 0 Å². The highest BCUT2D eigenvalue weighted by Gasteiger charge is 2.14. The Balaban J connectivity index is 2.29. The summed E-state index contributed by atoms with van der Waals surface area (Å²) in [6.07, 6.45) is 1.59. The molecule has 0 saturated carbocycles. The molecule has 0 bridgehead atoms. The van der Waals surface area contributed by atoms with E-state index in [1.54, 1.807) is 23.6 Å². The summed E-state index contributed by atoms with van der Waals surface area (Å²) >= 11 is 1.56. The third-order valence-electron chi connectivity index (χ3n) is 2.25. The summed E-state index contributed by atoms with van der Waals surface area (Å²) in [5.41, 5.74) is 1.74. The summed E-state index contributed by atoms with van der Waals surface area (Å²) in [6.45, 7) is 0. The van der Waals surface area contributed by atoms with Crippen LogP contribution in [0.4, 0.5) is 0 Å². The lowest BCUT2D eigenvalue weighted by atomic mass is 10.2. The van der Waals surface area contributed by atoms with Crippen LogP contribution in [0.25, 0.3) is 17.0 Å². The first kappa shape index (κ1) is 9.91. The number of aromatic carboxylic acids is 1. The third-order valence-corrected chi connectivity index (χ3v) is 2.93. The number of hydrogen-bond donors (Lipinski definition) is 1. The van der Waals surface area contributed by atoms with Gasteiger partial charge in [-0.05, 0) is 17.5 Å². The molecule has 0 aliphatic rings. The predicted octanol–water partition coefficient (Wildman–Crippen LogP) is 1.55. The summed E-state index contributed by atoms with van der Waals surface area (Å²) in [6, 6.07) is 3.71. The van der Waals surface area contributed by atoms with Gasteiger partial charge in [0, 0.05) is 17.1 Å². The van der Waals surface area contributed by atoms with Crippen LogP contribution < -0.4 is 0 Å². The first-order valence-electron chi connectivity index (χ1n) is 4.73. The molecule has 84 valence electrons. The van der Waals surface area contributed by atoms with E-state index in [9.17, 15) is 4.79 Å². The molecule has 0 aromatic carbocycles. The quantitative estimate of drug-likeness (QED) is 0.742. The molecule has 1 N–H and O–H groups in total. The fraction of sp³-hybridized carbons (Fsp3) is 0. The van der Waals surface area contributed by atoms with E-state index in [0.29, 0.717) is 0 Å². The maximum absolute atomic E-state index is 10.8. The number of nitrogens with zero attached hydrogens (tertiary/aromatic N) is 4. The van der Waals surface area contributed by atoms with E-state index in [0.717, 1.165) is 11.3 Å². The van der Waals surface area contributed by atoms with Gasteiger partial charge in [-0.3, -0.25) is 0 Å². The van der Waals surface area contributed by atoms with Gasteiger partial charge in [-0.15, -0.1) is 5.10 Å². The van der Waals surface area contributed by atoms with E-state index >= 15 is 0 Å². The van der Waals surface area contributed by atoms with Crippen LogP contribution in [0.2, 0.25) is 0 Å². The second-order valence-electron chi connectivity index (χ2n) is 3.29. The monoisotopic (exact) mass is 246 g/mol. The molecular formula is C10H6N4O2S. The second kappa shape index (κ2) is 3.63. The molecule has 6 nitrogen and oxygen atoms in total. The zero-order valence-electron chi connectivity index (χ0n) is 8.44. The summed E-state index contributed by atoms with van der Waals surface area (Å²) in [7, 11) is 0. The van der Waals surface area contributed by atoms with Crippen molar-refractivity contribution in [3.05, 3.63) is 34.9 Å². The SMILES string of the molecule is O=C(O)c1nc2nccc(-c3ccsc3)n2n1. The highest BCUT2D eigenvalue weighted by molar-refractivity contribution is 7.08. The molecule has 3 rings (SSSR count). The molecule has 0 amide bonds. The van der Waals surface area contributed by atoms with Crippen LogP contribution in [0.5, 0.6) is 0 Å². The molecule has 0 saturated heterocycles. The summed E-state index contributed by atoms with van der Waals surface area (Å²) in [5, 5.41) is 16.7. The molecule has 0 radical (unpaired) electrons. The molecule has 0 atom stereocenters. The van der Waals surface area contributed by atoms with Crippen LogP contribution in [0.15, 0.2) is 29.1 Å². The van der Waals surface area contributed by atoms with E-state index < -0.39 is 5.97 Å². The van der Waals surface area contributed by atoms with Crippen LogP contribution in [0.3, 0.4) is 0 Å². The molecule has 3 aromatic heterocycles. The Labute approximate surface area is 99.2 Å². The lowest BCUT2D eigenvalue weighted by molar-refractivity contribution is 0.0684. The first-order valence-corrected chi connectivity index (χ1v) is 5.67. The van der Waals surface area contributed by atoms with Gasteiger partial charge in [0.25, 0.3) is 11.6 Å². The highest BCUT2D eigenvalue weighted by Crippen LogP contribution is 2.21. The standard InChI is InChI=1S/C10H6N4O2S/c15-9(16)8-12-10-11-3-1-7(14(10)13-8)6-2-4-17-5-6/h1-5H,(H,15,16). The number of fused-ring (bicyclic) bond motifs is 1. The van der Waals surface area contributed by atoms with Crippen LogP contribution in [-0.4, -0.2) is 30.7 Å². The fourth-order valence-corrected chi connectivity index (χ4v) is 2.16. The number of carboxylic acids is 1. The smallest absolute Gasteiger partial charge is 0.375 e. The van der Waals surface area contributed by atoms with Gasteiger partial charge in [-0.2, -0.15) is 20.8 Å². The molecule has 0 spiro atoms. The minimum Gasteiger partial charge on any atom is -0.475 e. The molecule has 7 heteroatoms. The zero-order valence-corrected chi connectivity index (χ0v) is 9.26. The van der Waals surface area contributed by atoms with Crippen molar-refractivity contribution in [2.24, 2.45) is 0 Å². The lowest BCUT2D eigenvalue weighted by Gasteiger charge is -1.99. The summed E-state index contributed by atoms with van der Waals surface area (Å²) in [5.74, 6) is -1.13. The van der Waals surface area contributed by atoms with Crippen molar-refractivity contribution in [1.82, 2.24) is 19.6 Å². The van der Waals surface area contributed by atoms with Gasteiger partial charge < -0.3 is 5.11 Å². The number of thiophene rings is 1. The van der Waals surface area contributed by atoms with Crippen LogP contribution in [0, 0.1) is 0 Å². The average molecular weight is 246 g/mol. The van der Waals surface area contributed by atoms with Gasteiger partial charge >= 0.3 is 5.97 Å². The Hall–Kier alpha value is -2.28. The number of aromatic nitrogens is 4. The van der Waals surface area contributed by atoms with Crippen molar-refractivity contribution < 1.29 is 9.90 Å². The molecule has 0 fully saturated rings. The normalized spacial score (nSPS) is 10.8. The molecule has 3 aromatic rings. The Morgan fingerprint density at radius 3 is 3.00 bits per heavy atom. The Morgan fingerprint density at radius 2 is 2.29 bits per heavy atom. The van der Waals surface area contributed by atoms with Crippen molar-refractivity contribution in [3.8, 4) is 11.3 Å². The van der Waals surface area contributed by atoms with Gasteiger partial charge in [-0.1, -0.05) is 0 Å². The number of rotatable bonds is 2. The molecule has 0 aliphatic heterocycles.